The molecule has 3 aromatic rings. The monoisotopic (exact) mass is 253 g/mol. The molecule has 0 aliphatic heterocycles. The van der Waals surface area contributed by atoms with E-state index in [2.05, 4.69) is 24.3 Å². The molecule has 3 rings (SSSR count). The van der Waals surface area contributed by atoms with E-state index < -0.39 is 0 Å². The minimum atomic E-state index is -0.128. The van der Waals surface area contributed by atoms with E-state index in [1.54, 1.807) is 6.07 Å². The van der Waals surface area contributed by atoms with E-state index in [9.17, 15) is 4.39 Å². The maximum atomic E-state index is 14.0. The molecule has 0 unspecified atom stereocenters. The van der Waals surface area contributed by atoms with Gasteiger partial charge in [0.25, 0.3) is 0 Å². The molecule has 0 fully saturated rings. The lowest BCUT2D eigenvalue weighted by Crippen LogP contribution is -2.02. The van der Waals surface area contributed by atoms with Gasteiger partial charge in [-0.2, -0.15) is 0 Å². The molecule has 0 bridgehead atoms. The molecule has 96 valence electrons. The smallest absolute Gasteiger partial charge is 0.127 e. The third-order valence-corrected chi connectivity index (χ3v) is 3.57. The summed E-state index contributed by atoms with van der Waals surface area (Å²) in [6.07, 6.45) is 1.50. The molecule has 0 spiro atoms. The Morgan fingerprint density at radius 1 is 0.895 bits per heavy atom. The third kappa shape index (κ3) is 2.20. The minimum Gasteiger partial charge on any atom is -0.330 e. The fraction of sp³-hybridized carbons (Fsp3) is 0.176. The molecule has 3 aromatic carbocycles. The summed E-state index contributed by atoms with van der Waals surface area (Å²) in [5.74, 6) is -0.128. The summed E-state index contributed by atoms with van der Waals surface area (Å²) in [5, 5.41) is 4.43. The Labute approximate surface area is 111 Å². The average molecular weight is 253 g/mol. The highest BCUT2D eigenvalue weighted by Crippen LogP contribution is 2.27. The summed E-state index contributed by atoms with van der Waals surface area (Å²) < 4.78 is 14.0. The lowest BCUT2D eigenvalue weighted by atomic mass is 9.97. The Bertz CT molecular complexity index is 734. The largest absolute Gasteiger partial charge is 0.330 e. The van der Waals surface area contributed by atoms with Gasteiger partial charge in [0.05, 0.1) is 0 Å². The molecule has 19 heavy (non-hydrogen) atoms. The van der Waals surface area contributed by atoms with Crippen molar-refractivity contribution in [1.82, 2.24) is 0 Å². The minimum absolute atomic E-state index is 0.128. The molecule has 0 aromatic heterocycles. The fourth-order valence-corrected chi connectivity index (χ4v) is 2.58. The Morgan fingerprint density at radius 3 is 2.37 bits per heavy atom. The van der Waals surface area contributed by atoms with Crippen LogP contribution >= 0.6 is 0 Å². The summed E-state index contributed by atoms with van der Waals surface area (Å²) in [7, 11) is 0. The molecule has 2 N–H and O–H groups in total. The van der Waals surface area contributed by atoms with Gasteiger partial charge in [-0.15, -0.1) is 0 Å². The fourth-order valence-electron chi connectivity index (χ4n) is 2.58. The molecule has 0 amide bonds. The average Bonchev–Trinajstić information content (AvgIpc) is 2.44. The highest BCUT2D eigenvalue weighted by molar-refractivity contribution is 5.99. The van der Waals surface area contributed by atoms with Crippen LogP contribution in [-0.4, -0.2) is 6.54 Å². The number of halogens is 1. The van der Waals surface area contributed by atoms with Crippen molar-refractivity contribution in [3.05, 3.63) is 59.9 Å². The van der Waals surface area contributed by atoms with E-state index in [-0.39, 0.29) is 5.82 Å². The predicted molar refractivity (Wildman–Crippen MR) is 78.8 cm³/mol. The number of hydrogen-bond donors (Lipinski definition) is 1. The van der Waals surface area contributed by atoms with Crippen molar-refractivity contribution in [3.8, 4) is 0 Å². The number of nitrogens with two attached hydrogens (primary N) is 1. The van der Waals surface area contributed by atoms with Crippen LogP contribution in [0, 0.1) is 5.82 Å². The van der Waals surface area contributed by atoms with Gasteiger partial charge in [-0.05, 0) is 64.7 Å². The van der Waals surface area contributed by atoms with Crippen LogP contribution in [0.5, 0.6) is 0 Å². The first-order chi connectivity index (χ1) is 9.29. The van der Waals surface area contributed by atoms with E-state index in [4.69, 9.17) is 5.73 Å². The molecule has 0 saturated heterocycles. The van der Waals surface area contributed by atoms with E-state index in [0.29, 0.717) is 13.0 Å². The lowest BCUT2D eigenvalue weighted by molar-refractivity contribution is 0.608. The predicted octanol–water partition coefficient (Wildman–Crippen LogP) is 4.02. The summed E-state index contributed by atoms with van der Waals surface area (Å²) >= 11 is 0. The van der Waals surface area contributed by atoms with Crippen LogP contribution in [0.25, 0.3) is 21.5 Å². The van der Waals surface area contributed by atoms with Gasteiger partial charge in [0, 0.05) is 0 Å². The summed E-state index contributed by atoms with van der Waals surface area (Å²) in [5.41, 5.74) is 6.32. The van der Waals surface area contributed by atoms with Gasteiger partial charge in [-0.3, -0.25) is 0 Å². The quantitative estimate of drug-likeness (QED) is 0.701. The molecule has 0 atom stereocenters. The second-order valence-electron chi connectivity index (χ2n) is 4.84. The van der Waals surface area contributed by atoms with Crippen LogP contribution in [0.15, 0.2) is 48.5 Å². The van der Waals surface area contributed by atoms with Crippen molar-refractivity contribution in [2.75, 3.05) is 6.54 Å². The van der Waals surface area contributed by atoms with Gasteiger partial charge in [-0.1, -0.05) is 30.3 Å². The summed E-state index contributed by atoms with van der Waals surface area (Å²) in [4.78, 5) is 0. The Kier molecular flexibility index (Phi) is 3.18. The zero-order valence-electron chi connectivity index (χ0n) is 10.7. The number of benzene rings is 3. The van der Waals surface area contributed by atoms with Crippen molar-refractivity contribution >= 4 is 21.5 Å². The molecule has 0 aliphatic carbocycles. The van der Waals surface area contributed by atoms with E-state index in [1.165, 1.54) is 5.39 Å². The molecule has 0 saturated carbocycles. The van der Waals surface area contributed by atoms with Crippen molar-refractivity contribution < 1.29 is 4.39 Å². The van der Waals surface area contributed by atoms with Crippen LogP contribution in [-0.2, 0) is 6.42 Å². The third-order valence-electron chi connectivity index (χ3n) is 3.57. The van der Waals surface area contributed by atoms with Gasteiger partial charge in [-0.25, -0.2) is 4.39 Å². The molecule has 0 radical (unpaired) electrons. The molecular weight excluding hydrogens is 237 g/mol. The molecule has 0 aliphatic rings. The Balaban J connectivity index is 2.27. The molecule has 0 heterocycles. The SMILES string of the molecule is NCCCc1c(F)ccc2cc3ccccc3cc12. The topological polar surface area (TPSA) is 26.0 Å². The lowest BCUT2D eigenvalue weighted by Gasteiger charge is -2.09. The van der Waals surface area contributed by atoms with Gasteiger partial charge >= 0.3 is 0 Å². The van der Waals surface area contributed by atoms with Crippen LogP contribution in [0.1, 0.15) is 12.0 Å². The second kappa shape index (κ2) is 4.98. The zero-order valence-corrected chi connectivity index (χ0v) is 10.7. The Morgan fingerprint density at radius 2 is 1.63 bits per heavy atom. The number of fused-ring (bicyclic) bond motifs is 2. The number of rotatable bonds is 3. The standard InChI is InChI=1S/C17H16FN/c18-17-8-7-14-10-12-4-1-2-5-13(12)11-16(14)15(17)6-3-9-19/h1-2,4-5,7-8,10-11H,3,6,9,19H2. The number of aryl methyl sites for hydroxylation is 1. The maximum Gasteiger partial charge on any atom is 0.127 e. The first kappa shape index (κ1) is 12.1. The van der Waals surface area contributed by atoms with Crippen LogP contribution in [0.4, 0.5) is 4.39 Å². The second-order valence-corrected chi connectivity index (χ2v) is 4.84. The van der Waals surface area contributed by atoms with Gasteiger partial charge in [0.2, 0.25) is 0 Å². The van der Waals surface area contributed by atoms with Crippen molar-refractivity contribution in [1.29, 1.82) is 0 Å². The molecule has 1 nitrogen and oxygen atoms in total. The summed E-state index contributed by atoms with van der Waals surface area (Å²) in [6.45, 7) is 0.587. The maximum absolute atomic E-state index is 14.0. The Hall–Kier alpha value is -1.93. The highest BCUT2D eigenvalue weighted by atomic mass is 19.1. The first-order valence-corrected chi connectivity index (χ1v) is 6.59. The van der Waals surface area contributed by atoms with Crippen LogP contribution < -0.4 is 5.73 Å². The van der Waals surface area contributed by atoms with Gasteiger partial charge < -0.3 is 5.73 Å². The first-order valence-electron chi connectivity index (χ1n) is 6.59. The van der Waals surface area contributed by atoms with E-state index in [0.717, 1.165) is 28.1 Å². The van der Waals surface area contributed by atoms with Crippen LogP contribution in [0.3, 0.4) is 0 Å². The zero-order chi connectivity index (χ0) is 13.2. The van der Waals surface area contributed by atoms with E-state index >= 15 is 0 Å². The normalized spacial score (nSPS) is 11.3. The van der Waals surface area contributed by atoms with Crippen molar-refractivity contribution in [2.24, 2.45) is 5.73 Å². The van der Waals surface area contributed by atoms with Gasteiger partial charge in [0.1, 0.15) is 5.82 Å². The van der Waals surface area contributed by atoms with Crippen molar-refractivity contribution in [3.63, 3.8) is 0 Å². The molecular formula is C17H16FN. The molecule has 2 heteroatoms. The van der Waals surface area contributed by atoms with Crippen molar-refractivity contribution in [2.45, 2.75) is 12.8 Å². The van der Waals surface area contributed by atoms with E-state index in [1.807, 2.05) is 18.2 Å². The van der Waals surface area contributed by atoms with Gasteiger partial charge in [0.15, 0.2) is 0 Å². The number of hydrogen-bond acceptors (Lipinski definition) is 1. The summed E-state index contributed by atoms with van der Waals surface area (Å²) in [6, 6.07) is 15.8. The highest BCUT2D eigenvalue weighted by Gasteiger charge is 2.08. The van der Waals surface area contributed by atoms with Crippen LogP contribution in [0.2, 0.25) is 0 Å².